The van der Waals surface area contributed by atoms with Crippen LogP contribution in [0.5, 0.6) is 0 Å². The fourth-order valence-corrected chi connectivity index (χ4v) is 5.16. The highest BCUT2D eigenvalue weighted by Crippen LogP contribution is 2.43. The predicted octanol–water partition coefficient (Wildman–Crippen LogP) is 1.48. The Morgan fingerprint density at radius 2 is 1.64 bits per heavy atom. The second kappa shape index (κ2) is 6.75. The normalized spacial score (nSPS) is 15.1. The second-order valence-corrected chi connectivity index (χ2v) is 8.36. The molecule has 146 valence electrons. The van der Waals surface area contributed by atoms with Gasteiger partial charge in [-0.2, -0.15) is 0 Å². The molecule has 1 aliphatic rings. The number of hydrogen-bond acceptors (Lipinski definition) is 5. The minimum atomic E-state index is -4.48. The lowest BCUT2D eigenvalue weighted by Gasteiger charge is -2.32. The molecular formula is C19H17NO7S. The van der Waals surface area contributed by atoms with Gasteiger partial charge in [-0.3, -0.25) is 4.79 Å². The molecule has 9 heteroatoms. The van der Waals surface area contributed by atoms with Crippen molar-refractivity contribution in [1.29, 1.82) is 0 Å². The average molecular weight is 403 g/mol. The van der Waals surface area contributed by atoms with Crippen molar-refractivity contribution in [3.63, 3.8) is 0 Å². The van der Waals surface area contributed by atoms with Crippen LogP contribution in [0.3, 0.4) is 0 Å². The Morgan fingerprint density at radius 1 is 1.04 bits per heavy atom. The zero-order chi connectivity index (χ0) is 20.7. The van der Waals surface area contributed by atoms with E-state index < -0.39 is 33.9 Å². The predicted molar refractivity (Wildman–Crippen MR) is 98.6 cm³/mol. The monoisotopic (exact) mass is 403 g/mol. The Balaban J connectivity index is 2.26. The molecule has 3 rings (SSSR count). The summed E-state index contributed by atoms with van der Waals surface area (Å²) in [5.41, 5.74) is -1.95. The molecule has 0 aromatic heterocycles. The van der Waals surface area contributed by atoms with E-state index in [4.69, 9.17) is 0 Å². The SMILES string of the molecule is CC(=O)Cc1ccc2c(c1)CC(C(=O)O)(C(=O)O)N2S(=O)(=O)c1ccccc1. The molecule has 2 aromatic carbocycles. The second-order valence-electron chi connectivity index (χ2n) is 6.57. The van der Waals surface area contributed by atoms with E-state index in [1.54, 1.807) is 6.07 Å². The zero-order valence-corrected chi connectivity index (χ0v) is 15.6. The van der Waals surface area contributed by atoms with Crippen LogP contribution in [0.4, 0.5) is 5.69 Å². The Labute approximate surface area is 161 Å². The summed E-state index contributed by atoms with van der Waals surface area (Å²) in [6.07, 6.45) is -0.476. The molecule has 0 bridgehead atoms. The lowest BCUT2D eigenvalue weighted by molar-refractivity contribution is -0.155. The fraction of sp³-hybridized carbons (Fsp3) is 0.211. The number of hydrogen-bond donors (Lipinski definition) is 2. The summed E-state index contributed by atoms with van der Waals surface area (Å²) in [7, 11) is -4.48. The molecule has 1 heterocycles. The van der Waals surface area contributed by atoms with Gasteiger partial charge in [0, 0.05) is 12.8 Å². The number of aliphatic carboxylic acids is 2. The van der Waals surface area contributed by atoms with Crippen molar-refractivity contribution in [2.45, 2.75) is 30.2 Å². The van der Waals surface area contributed by atoms with Crippen LogP contribution < -0.4 is 4.31 Å². The highest BCUT2D eigenvalue weighted by atomic mass is 32.2. The molecule has 0 saturated heterocycles. The first-order chi connectivity index (χ1) is 13.1. The van der Waals surface area contributed by atoms with Crippen molar-refractivity contribution in [2.75, 3.05) is 4.31 Å². The van der Waals surface area contributed by atoms with E-state index in [1.807, 2.05) is 0 Å². The van der Waals surface area contributed by atoms with E-state index >= 15 is 0 Å². The third kappa shape index (κ3) is 2.93. The van der Waals surface area contributed by atoms with Crippen LogP contribution in [0.15, 0.2) is 53.4 Å². The summed E-state index contributed by atoms with van der Waals surface area (Å²) >= 11 is 0. The number of carboxylic acid groups (broad SMARTS) is 2. The number of benzene rings is 2. The third-order valence-electron chi connectivity index (χ3n) is 4.60. The molecule has 2 aromatic rings. The molecule has 0 radical (unpaired) electrons. The molecule has 0 saturated carbocycles. The molecule has 0 fully saturated rings. The van der Waals surface area contributed by atoms with Gasteiger partial charge >= 0.3 is 11.9 Å². The zero-order valence-electron chi connectivity index (χ0n) is 14.8. The standard InChI is InChI=1S/C19H17NO7S/c1-12(21)9-13-7-8-16-14(10-13)11-19(17(22)23,18(24)25)20(16)28(26,27)15-5-3-2-4-6-15/h2-8,10H,9,11H2,1H3,(H,22,23)(H,24,25). The van der Waals surface area contributed by atoms with Gasteiger partial charge in [0.05, 0.1) is 10.6 Å². The first-order valence-corrected chi connectivity index (χ1v) is 9.73. The summed E-state index contributed by atoms with van der Waals surface area (Å²) < 4.78 is 26.9. The summed E-state index contributed by atoms with van der Waals surface area (Å²) in [5, 5.41) is 19.5. The van der Waals surface area contributed by atoms with Crippen molar-refractivity contribution >= 4 is 33.4 Å². The van der Waals surface area contributed by atoms with E-state index in [0.29, 0.717) is 9.87 Å². The molecule has 0 spiro atoms. The lowest BCUT2D eigenvalue weighted by Crippen LogP contribution is -2.61. The fourth-order valence-electron chi connectivity index (χ4n) is 3.38. The van der Waals surface area contributed by atoms with Gasteiger partial charge in [0.15, 0.2) is 0 Å². The number of nitrogens with zero attached hydrogens (tertiary/aromatic N) is 1. The molecule has 2 N–H and O–H groups in total. The van der Waals surface area contributed by atoms with Crippen LogP contribution in [0.2, 0.25) is 0 Å². The smallest absolute Gasteiger partial charge is 0.342 e. The number of carbonyl (C=O) groups excluding carboxylic acids is 1. The highest BCUT2D eigenvalue weighted by molar-refractivity contribution is 7.93. The van der Waals surface area contributed by atoms with Crippen LogP contribution >= 0.6 is 0 Å². The maximum absolute atomic E-state index is 13.2. The maximum Gasteiger partial charge on any atom is 0.342 e. The molecule has 0 amide bonds. The van der Waals surface area contributed by atoms with Gasteiger partial charge in [0.1, 0.15) is 5.78 Å². The average Bonchev–Trinajstić information content (AvgIpc) is 2.98. The van der Waals surface area contributed by atoms with Crippen LogP contribution in [0, 0.1) is 0 Å². The minimum Gasteiger partial charge on any atom is -0.479 e. The van der Waals surface area contributed by atoms with Gasteiger partial charge in [0.2, 0.25) is 0 Å². The first-order valence-electron chi connectivity index (χ1n) is 8.29. The molecule has 0 unspecified atom stereocenters. The quantitative estimate of drug-likeness (QED) is 0.699. The van der Waals surface area contributed by atoms with Crippen LogP contribution in [-0.2, 0) is 37.2 Å². The Morgan fingerprint density at radius 3 is 2.18 bits per heavy atom. The van der Waals surface area contributed by atoms with Crippen molar-refractivity contribution in [2.24, 2.45) is 0 Å². The molecule has 1 aliphatic heterocycles. The highest BCUT2D eigenvalue weighted by Gasteiger charge is 2.61. The number of fused-ring (bicyclic) bond motifs is 1. The minimum absolute atomic E-state index is 0.0269. The maximum atomic E-state index is 13.2. The summed E-state index contributed by atoms with van der Waals surface area (Å²) in [4.78, 5) is 35.2. The van der Waals surface area contributed by atoms with E-state index in [9.17, 15) is 33.0 Å². The van der Waals surface area contributed by atoms with Crippen molar-refractivity contribution in [3.8, 4) is 0 Å². The largest absolute Gasteiger partial charge is 0.479 e. The Bertz CT molecular complexity index is 1060. The number of ketones is 1. The molecule has 28 heavy (non-hydrogen) atoms. The Kier molecular flexibility index (Phi) is 4.72. The van der Waals surface area contributed by atoms with Crippen molar-refractivity contribution in [1.82, 2.24) is 0 Å². The third-order valence-corrected chi connectivity index (χ3v) is 6.45. The molecule has 0 aliphatic carbocycles. The van der Waals surface area contributed by atoms with Crippen LogP contribution in [0.25, 0.3) is 0 Å². The summed E-state index contributed by atoms with van der Waals surface area (Å²) in [5.74, 6) is -3.71. The molecular weight excluding hydrogens is 386 g/mol. The van der Waals surface area contributed by atoms with Gasteiger partial charge in [-0.15, -0.1) is 0 Å². The number of anilines is 1. The number of Topliss-reactive ketones (excluding diaryl/α,β-unsaturated/α-hetero) is 1. The number of carboxylic acids is 2. The van der Waals surface area contributed by atoms with Crippen LogP contribution in [0.1, 0.15) is 18.1 Å². The van der Waals surface area contributed by atoms with E-state index in [0.717, 1.165) is 0 Å². The number of rotatable bonds is 6. The van der Waals surface area contributed by atoms with Crippen LogP contribution in [-0.4, -0.2) is 41.9 Å². The van der Waals surface area contributed by atoms with Gasteiger partial charge in [-0.25, -0.2) is 22.3 Å². The first kappa shape index (κ1) is 19.6. The van der Waals surface area contributed by atoms with E-state index in [1.165, 1.54) is 49.4 Å². The summed E-state index contributed by atoms with van der Waals surface area (Å²) in [6.45, 7) is 1.39. The van der Waals surface area contributed by atoms with Gasteiger partial charge < -0.3 is 10.2 Å². The molecule has 0 atom stereocenters. The van der Waals surface area contributed by atoms with Gasteiger partial charge in [0.25, 0.3) is 15.6 Å². The molecule has 8 nitrogen and oxygen atoms in total. The van der Waals surface area contributed by atoms with Crippen molar-refractivity contribution in [3.05, 3.63) is 59.7 Å². The van der Waals surface area contributed by atoms with Gasteiger partial charge in [-0.1, -0.05) is 30.3 Å². The number of carbonyl (C=O) groups is 3. The van der Waals surface area contributed by atoms with E-state index in [2.05, 4.69) is 0 Å². The van der Waals surface area contributed by atoms with Gasteiger partial charge in [-0.05, 0) is 36.2 Å². The lowest BCUT2D eigenvalue weighted by atomic mass is 9.94. The summed E-state index contributed by atoms with van der Waals surface area (Å²) in [6, 6.07) is 11.4. The topological polar surface area (TPSA) is 129 Å². The number of sulfonamides is 1. The van der Waals surface area contributed by atoms with Crippen molar-refractivity contribution < 1.29 is 33.0 Å². The Hall–Kier alpha value is -3.20. The van der Waals surface area contributed by atoms with E-state index in [-0.39, 0.29) is 28.4 Å².